The molecule has 11 rings (SSSR count). The van der Waals surface area contributed by atoms with E-state index in [9.17, 15) is 0 Å². The number of hydrogen-bond donors (Lipinski definition) is 0. The highest BCUT2D eigenvalue weighted by atomic mass is 15.0. The molecule has 0 saturated heterocycles. The monoisotopic (exact) mass is 648 g/mol. The van der Waals surface area contributed by atoms with Crippen LogP contribution in [0.1, 0.15) is 22.3 Å². The van der Waals surface area contributed by atoms with Gasteiger partial charge in [-0.25, -0.2) is 0 Å². The van der Waals surface area contributed by atoms with Crippen LogP contribution in [0.2, 0.25) is 0 Å². The zero-order valence-electron chi connectivity index (χ0n) is 27.9. The van der Waals surface area contributed by atoms with Crippen molar-refractivity contribution in [2.45, 2.75) is 5.41 Å². The SMILES string of the molecule is c1ccc(-n2c3ccccc3c3cc(-c4ccc5c(c4)C(c4ccccc4)(c4ccccc4)c4cccc6c7ccccc7n-5c46)ccc32)cc1. The summed E-state index contributed by atoms with van der Waals surface area (Å²) in [5, 5.41) is 5.08. The maximum Gasteiger partial charge on any atom is 0.0742 e. The fourth-order valence-electron chi connectivity index (χ4n) is 9.10. The molecule has 51 heavy (non-hydrogen) atoms. The first-order valence-corrected chi connectivity index (χ1v) is 17.7. The highest BCUT2D eigenvalue weighted by molar-refractivity contribution is 6.13. The number of nitrogens with zero attached hydrogens (tertiary/aromatic N) is 2. The topological polar surface area (TPSA) is 9.86 Å². The van der Waals surface area contributed by atoms with Gasteiger partial charge in [0, 0.05) is 27.2 Å². The number of hydrogen-bond acceptors (Lipinski definition) is 0. The smallest absolute Gasteiger partial charge is 0.0742 e. The van der Waals surface area contributed by atoms with Gasteiger partial charge in [0.1, 0.15) is 0 Å². The molecular formula is C49H32N2. The summed E-state index contributed by atoms with van der Waals surface area (Å²) in [4.78, 5) is 0. The van der Waals surface area contributed by atoms with Crippen LogP contribution in [0.15, 0.2) is 194 Å². The summed E-state index contributed by atoms with van der Waals surface area (Å²) < 4.78 is 4.90. The maximum absolute atomic E-state index is 2.51. The molecule has 1 aliphatic rings. The quantitative estimate of drug-likeness (QED) is 0.180. The summed E-state index contributed by atoms with van der Waals surface area (Å²) >= 11 is 0. The molecule has 238 valence electrons. The Morgan fingerprint density at radius 2 is 0.863 bits per heavy atom. The standard InChI is InChI=1S/C49H32N2/c1-4-15-35(16-5-1)49(36-17-6-2-7-18-36)42-24-14-23-40-38-21-10-13-26-45(38)51(48(40)42)47-30-28-34(32-43(47)49)33-27-29-46-41(31-33)39-22-11-12-25-44(39)50(46)37-19-8-3-9-20-37/h1-32H. The summed E-state index contributed by atoms with van der Waals surface area (Å²) in [6.45, 7) is 0. The molecule has 0 saturated carbocycles. The molecule has 10 aromatic rings. The number of rotatable bonds is 4. The molecule has 2 aromatic heterocycles. The van der Waals surface area contributed by atoms with Crippen LogP contribution in [-0.2, 0) is 5.41 Å². The van der Waals surface area contributed by atoms with E-state index in [0.29, 0.717) is 0 Å². The van der Waals surface area contributed by atoms with Crippen LogP contribution in [-0.4, -0.2) is 9.13 Å². The van der Waals surface area contributed by atoms with Crippen LogP contribution >= 0.6 is 0 Å². The van der Waals surface area contributed by atoms with Crippen LogP contribution in [0, 0.1) is 0 Å². The normalized spacial score (nSPS) is 13.3. The van der Waals surface area contributed by atoms with Crippen molar-refractivity contribution in [2.24, 2.45) is 0 Å². The van der Waals surface area contributed by atoms with Crippen molar-refractivity contribution >= 4 is 43.6 Å². The predicted molar refractivity (Wildman–Crippen MR) is 212 cm³/mol. The Hall–Kier alpha value is -6.64. The van der Waals surface area contributed by atoms with Crippen molar-refractivity contribution in [3.8, 4) is 22.5 Å². The van der Waals surface area contributed by atoms with Gasteiger partial charge in [0.05, 0.1) is 33.2 Å². The van der Waals surface area contributed by atoms with Gasteiger partial charge in [0.2, 0.25) is 0 Å². The molecule has 0 N–H and O–H groups in total. The first kappa shape index (κ1) is 28.2. The molecule has 0 atom stereocenters. The molecule has 2 nitrogen and oxygen atoms in total. The minimum absolute atomic E-state index is 0.537. The summed E-state index contributed by atoms with van der Waals surface area (Å²) in [5.41, 5.74) is 14.3. The number of para-hydroxylation sites is 4. The molecule has 1 aliphatic heterocycles. The van der Waals surface area contributed by atoms with Crippen molar-refractivity contribution in [3.05, 3.63) is 216 Å². The third kappa shape index (κ3) is 3.82. The van der Waals surface area contributed by atoms with Crippen molar-refractivity contribution in [1.82, 2.24) is 9.13 Å². The fraction of sp³-hybridized carbons (Fsp3) is 0.0204. The van der Waals surface area contributed by atoms with Gasteiger partial charge in [-0.05, 0) is 81.9 Å². The molecule has 0 spiro atoms. The van der Waals surface area contributed by atoms with Crippen molar-refractivity contribution < 1.29 is 0 Å². The van der Waals surface area contributed by atoms with Crippen LogP contribution in [0.5, 0.6) is 0 Å². The Labute approximate surface area is 296 Å². The second kappa shape index (κ2) is 10.7. The summed E-state index contributed by atoms with van der Waals surface area (Å²) in [6, 6.07) is 71.6. The molecule has 0 aliphatic carbocycles. The van der Waals surface area contributed by atoms with Gasteiger partial charge in [-0.1, -0.05) is 146 Å². The molecule has 2 heteroatoms. The van der Waals surface area contributed by atoms with Gasteiger partial charge < -0.3 is 9.13 Å². The highest BCUT2D eigenvalue weighted by Gasteiger charge is 2.45. The Morgan fingerprint density at radius 1 is 0.333 bits per heavy atom. The second-order valence-corrected chi connectivity index (χ2v) is 13.7. The van der Waals surface area contributed by atoms with E-state index in [1.807, 2.05) is 0 Å². The third-order valence-electron chi connectivity index (χ3n) is 11.2. The summed E-state index contributed by atoms with van der Waals surface area (Å²) in [7, 11) is 0. The fourth-order valence-corrected chi connectivity index (χ4v) is 9.10. The lowest BCUT2D eigenvalue weighted by Crippen LogP contribution is -2.35. The number of fused-ring (bicyclic) bond motifs is 8. The van der Waals surface area contributed by atoms with E-state index in [1.165, 1.54) is 88.4 Å². The molecule has 0 fully saturated rings. The van der Waals surface area contributed by atoms with E-state index < -0.39 is 5.41 Å². The lowest BCUT2D eigenvalue weighted by molar-refractivity contribution is 0.728. The molecule has 3 heterocycles. The summed E-state index contributed by atoms with van der Waals surface area (Å²) in [6.07, 6.45) is 0. The van der Waals surface area contributed by atoms with Gasteiger partial charge >= 0.3 is 0 Å². The molecular weight excluding hydrogens is 617 g/mol. The van der Waals surface area contributed by atoms with E-state index in [2.05, 4.69) is 203 Å². The average molecular weight is 649 g/mol. The van der Waals surface area contributed by atoms with Crippen LogP contribution in [0.3, 0.4) is 0 Å². The van der Waals surface area contributed by atoms with Gasteiger partial charge in [0.25, 0.3) is 0 Å². The lowest BCUT2D eigenvalue weighted by Gasteiger charge is -2.42. The minimum Gasteiger partial charge on any atom is -0.309 e. The van der Waals surface area contributed by atoms with Gasteiger partial charge in [-0.15, -0.1) is 0 Å². The number of benzene rings is 8. The van der Waals surface area contributed by atoms with E-state index in [4.69, 9.17) is 0 Å². The Morgan fingerprint density at radius 3 is 1.57 bits per heavy atom. The van der Waals surface area contributed by atoms with Gasteiger partial charge in [-0.3, -0.25) is 0 Å². The zero-order chi connectivity index (χ0) is 33.5. The number of aromatic nitrogens is 2. The second-order valence-electron chi connectivity index (χ2n) is 13.7. The first-order chi connectivity index (χ1) is 25.3. The van der Waals surface area contributed by atoms with Crippen molar-refractivity contribution in [3.63, 3.8) is 0 Å². The molecule has 0 radical (unpaired) electrons. The zero-order valence-corrected chi connectivity index (χ0v) is 27.9. The van der Waals surface area contributed by atoms with E-state index in [1.54, 1.807) is 0 Å². The van der Waals surface area contributed by atoms with Crippen molar-refractivity contribution in [1.29, 1.82) is 0 Å². The molecule has 0 bridgehead atoms. The predicted octanol–water partition coefficient (Wildman–Crippen LogP) is 12.2. The van der Waals surface area contributed by atoms with Gasteiger partial charge in [0.15, 0.2) is 0 Å². The molecule has 8 aromatic carbocycles. The average Bonchev–Trinajstić information content (AvgIpc) is 3.73. The lowest BCUT2D eigenvalue weighted by atomic mass is 9.63. The van der Waals surface area contributed by atoms with Crippen LogP contribution < -0.4 is 0 Å². The summed E-state index contributed by atoms with van der Waals surface area (Å²) in [5.74, 6) is 0. The van der Waals surface area contributed by atoms with E-state index >= 15 is 0 Å². The Balaban J connectivity index is 1.24. The van der Waals surface area contributed by atoms with Gasteiger partial charge in [-0.2, -0.15) is 0 Å². The Bertz CT molecular complexity index is 2910. The van der Waals surface area contributed by atoms with E-state index in [0.717, 1.165) is 0 Å². The first-order valence-electron chi connectivity index (χ1n) is 17.7. The van der Waals surface area contributed by atoms with Crippen LogP contribution in [0.4, 0.5) is 0 Å². The minimum atomic E-state index is -0.537. The third-order valence-corrected chi connectivity index (χ3v) is 11.2. The maximum atomic E-state index is 2.51. The van der Waals surface area contributed by atoms with E-state index in [-0.39, 0.29) is 0 Å². The largest absolute Gasteiger partial charge is 0.309 e. The molecule has 0 unspecified atom stereocenters. The molecule has 0 amide bonds. The van der Waals surface area contributed by atoms with Crippen LogP contribution in [0.25, 0.3) is 66.1 Å². The highest BCUT2D eigenvalue weighted by Crippen LogP contribution is 2.54. The Kier molecular flexibility index (Phi) is 5.91. The van der Waals surface area contributed by atoms with Crippen molar-refractivity contribution in [2.75, 3.05) is 0 Å².